The molecule has 2 N–H and O–H groups in total. The number of nitrogens with zero attached hydrogens (tertiary/aromatic N) is 1. The molecule has 0 amide bonds. The molecule has 2 aromatic rings. The van der Waals surface area contributed by atoms with Crippen LogP contribution in [0.15, 0.2) is 54.6 Å². The first-order valence-corrected chi connectivity index (χ1v) is 9.76. The number of anilines is 2. The SMILES string of the molecule is CCCCc1ccc(N(CCC(C)(N)CCC)c2ccccc2)cc1. The van der Waals surface area contributed by atoms with E-state index in [0.717, 1.165) is 25.8 Å². The highest BCUT2D eigenvalue weighted by molar-refractivity contribution is 5.63. The largest absolute Gasteiger partial charge is 0.341 e. The van der Waals surface area contributed by atoms with Crippen LogP contribution in [0.5, 0.6) is 0 Å². The lowest BCUT2D eigenvalue weighted by atomic mass is 9.93. The molecule has 0 fully saturated rings. The summed E-state index contributed by atoms with van der Waals surface area (Å²) in [4.78, 5) is 2.39. The third-order valence-electron chi connectivity index (χ3n) is 4.86. The zero-order chi connectivity index (χ0) is 18.1. The zero-order valence-corrected chi connectivity index (χ0v) is 16.2. The number of benzene rings is 2. The van der Waals surface area contributed by atoms with E-state index in [1.165, 1.54) is 36.2 Å². The smallest absolute Gasteiger partial charge is 0.0410 e. The van der Waals surface area contributed by atoms with Crippen LogP contribution in [0.3, 0.4) is 0 Å². The number of aryl methyl sites for hydroxylation is 1. The summed E-state index contributed by atoms with van der Waals surface area (Å²) in [5, 5.41) is 0. The Morgan fingerprint density at radius 2 is 1.48 bits per heavy atom. The number of hydrogen-bond acceptors (Lipinski definition) is 2. The van der Waals surface area contributed by atoms with Gasteiger partial charge >= 0.3 is 0 Å². The second-order valence-electron chi connectivity index (χ2n) is 7.41. The maximum Gasteiger partial charge on any atom is 0.0410 e. The monoisotopic (exact) mass is 338 g/mol. The zero-order valence-electron chi connectivity index (χ0n) is 16.2. The van der Waals surface area contributed by atoms with Crippen LogP contribution in [0.25, 0.3) is 0 Å². The minimum Gasteiger partial charge on any atom is -0.341 e. The molecule has 0 heterocycles. The molecule has 0 aromatic heterocycles. The fourth-order valence-electron chi connectivity index (χ4n) is 3.30. The molecule has 2 heteroatoms. The van der Waals surface area contributed by atoms with Crippen LogP contribution in [0.4, 0.5) is 11.4 Å². The molecule has 2 rings (SSSR count). The second-order valence-corrected chi connectivity index (χ2v) is 7.41. The molecule has 0 spiro atoms. The van der Waals surface area contributed by atoms with E-state index in [-0.39, 0.29) is 5.54 Å². The van der Waals surface area contributed by atoms with Crippen LogP contribution in [-0.2, 0) is 6.42 Å². The van der Waals surface area contributed by atoms with Crippen molar-refractivity contribution in [1.29, 1.82) is 0 Å². The van der Waals surface area contributed by atoms with Gasteiger partial charge in [-0.1, -0.05) is 57.0 Å². The summed E-state index contributed by atoms with van der Waals surface area (Å²) in [7, 11) is 0. The van der Waals surface area contributed by atoms with Gasteiger partial charge in [-0.25, -0.2) is 0 Å². The van der Waals surface area contributed by atoms with Crippen molar-refractivity contribution in [2.75, 3.05) is 11.4 Å². The van der Waals surface area contributed by atoms with Crippen LogP contribution in [0.1, 0.15) is 58.4 Å². The molecule has 0 bridgehead atoms. The van der Waals surface area contributed by atoms with Crippen LogP contribution < -0.4 is 10.6 Å². The van der Waals surface area contributed by atoms with Crippen molar-refractivity contribution >= 4 is 11.4 Å². The summed E-state index contributed by atoms with van der Waals surface area (Å²) in [6.07, 6.45) is 6.83. The second kappa shape index (κ2) is 9.62. The number of para-hydroxylation sites is 1. The molecular weight excluding hydrogens is 304 g/mol. The maximum absolute atomic E-state index is 6.48. The highest BCUT2D eigenvalue weighted by Gasteiger charge is 2.19. The minimum atomic E-state index is -0.108. The molecule has 0 aliphatic rings. The number of nitrogens with two attached hydrogens (primary N) is 1. The third-order valence-corrected chi connectivity index (χ3v) is 4.86. The van der Waals surface area contributed by atoms with Crippen molar-refractivity contribution in [1.82, 2.24) is 0 Å². The summed E-state index contributed by atoms with van der Waals surface area (Å²) in [5.74, 6) is 0. The highest BCUT2D eigenvalue weighted by Crippen LogP contribution is 2.27. The van der Waals surface area contributed by atoms with Gasteiger partial charge in [-0.15, -0.1) is 0 Å². The predicted molar refractivity (Wildman–Crippen MR) is 111 cm³/mol. The number of unbranched alkanes of at least 4 members (excludes halogenated alkanes) is 1. The van der Waals surface area contributed by atoms with Crippen molar-refractivity contribution < 1.29 is 0 Å². The lowest BCUT2D eigenvalue weighted by molar-refractivity contribution is 0.401. The average molecular weight is 339 g/mol. The molecule has 25 heavy (non-hydrogen) atoms. The molecule has 0 aliphatic carbocycles. The highest BCUT2D eigenvalue weighted by atomic mass is 15.1. The lowest BCUT2D eigenvalue weighted by Crippen LogP contribution is -2.39. The van der Waals surface area contributed by atoms with Gasteiger partial charge in [-0.2, -0.15) is 0 Å². The molecule has 2 nitrogen and oxygen atoms in total. The van der Waals surface area contributed by atoms with E-state index in [1.807, 2.05) is 0 Å². The normalized spacial score (nSPS) is 13.4. The van der Waals surface area contributed by atoms with Gasteiger partial charge in [0.1, 0.15) is 0 Å². The van der Waals surface area contributed by atoms with Gasteiger partial charge in [0.15, 0.2) is 0 Å². The van der Waals surface area contributed by atoms with Gasteiger partial charge in [-0.3, -0.25) is 0 Å². The first-order valence-electron chi connectivity index (χ1n) is 9.76. The van der Waals surface area contributed by atoms with E-state index in [0.29, 0.717) is 0 Å². The van der Waals surface area contributed by atoms with Gasteiger partial charge in [0.25, 0.3) is 0 Å². The maximum atomic E-state index is 6.48. The Morgan fingerprint density at radius 1 is 0.840 bits per heavy atom. The van der Waals surface area contributed by atoms with Gasteiger partial charge in [0, 0.05) is 23.5 Å². The number of hydrogen-bond donors (Lipinski definition) is 1. The molecule has 0 aliphatic heterocycles. The Kier molecular flexibility index (Phi) is 7.52. The van der Waals surface area contributed by atoms with Crippen LogP contribution in [-0.4, -0.2) is 12.1 Å². The van der Waals surface area contributed by atoms with Crippen LogP contribution in [0, 0.1) is 0 Å². The fourth-order valence-corrected chi connectivity index (χ4v) is 3.30. The van der Waals surface area contributed by atoms with Gasteiger partial charge in [-0.05, 0) is 62.4 Å². The van der Waals surface area contributed by atoms with E-state index >= 15 is 0 Å². The quantitative estimate of drug-likeness (QED) is 0.569. The minimum absolute atomic E-state index is 0.108. The van der Waals surface area contributed by atoms with E-state index in [9.17, 15) is 0 Å². The van der Waals surface area contributed by atoms with Crippen molar-refractivity contribution in [3.05, 3.63) is 60.2 Å². The molecule has 136 valence electrons. The standard InChI is InChI=1S/C23H34N2/c1-4-6-10-20-13-15-22(16-14-20)25(21-11-8-7-9-12-21)19-18-23(3,24)17-5-2/h7-9,11-16H,4-6,10,17-19,24H2,1-3H3. The molecule has 0 saturated heterocycles. The van der Waals surface area contributed by atoms with Gasteiger partial charge in [0.2, 0.25) is 0 Å². The van der Waals surface area contributed by atoms with Crippen molar-refractivity contribution in [3.63, 3.8) is 0 Å². The fraction of sp³-hybridized carbons (Fsp3) is 0.478. The predicted octanol–water partition coefficient (Wildman–Crippen LogP) is 6.07. The number of rotatable bonds is 10. The molecule has 0 saturated carbocycles. The Hall–Kier alpha value is -1.80. The molecular formula is C23H34N2. The van der Waals surface area contributed by atoms with Crippen molar-refractivity contribution in [2.24, 2.45) is 5.73 Å². The summed E-state index contributed by atoms with van der Waals surface area (Å²) >= 11 is 0. The summed E-state index contributed by atoms with van der Waals surface area (Å²) in [6.45, 7) is 7.56. The van der Waals surface area contributed by atoms with Crippen molar-refractivity contribution in [3.8, 4) is 0 Å². The summed E-state index contributed by atoms with van der Waals surface area (Å²) in [6, 6.07) is 19.7. The Balaban J connectivity index is 2.17. The summed E-state index contributed by atoms with van der Waals surface area (Å²) < 4.78 is 0. The lowest BCUT2D eigenvalue weighted by Gasteiger charge is -2.31. The van der Waals surface area contributed by atoms with Crippen molar-refractivity contribution in [2.45, 2.75) is 64.8 Å². The average Bonchev–Trinajstić information content (AvgIpc) is 2.62. The molecule has 1 unspecified atom stereocenters. The van der Waals surface area contributed by atoms with E-state index in [2.05, 4.69) is 80.3 Å². The van der Waals surface area contributed by atoms with E-state index in [1.54, 1.807) is 0 Å². The molecule has 1 atom stereocenters. The Morgan fingerprint density at radius 3 is 2.08 bits per heavy atom. The first kappa shape index (κ1) is 19.5. The van der Waals surface area contributed by atoms with Crippen LogP contribution in [0.2, 0.25) is 0 Å². The topological polar surface area (TPSA) is 29.3 Å². The Bertz CT molecular complexity index is 602. The first-order chi connectivity index (χ1) is 12.1. The van der Waals surface area contributed by atoms with Crippen LogP contribution >= 0.6 is 0 Å². The van der Waals surface area contributed by atoms with E-state index < -0.39 is 0 Å². The molecule has 2 aromatic carbocycles. The molecule has 0 radical (unpaired) electrons. The van der Waals surface area contributed by atoms with Gasteiger partial charge < -0.3 is 10.6 Å². The third kappa shape index (κ3) is 6.21. The van der Waals surface area contributed by atoms with Gasteiger partial charge in [0.05, 0.1) is 0 Å². The summed E-state index contributed by atoms with van der Waals surface area (Å²) in [5.41, 5.74) is 10.3. The van der Waals surface area contributed by atoms with E-state index in [4.69, 9.17) is 5.73 Å². The Labute approximate surface area is 154 Å².